The number of nitrogens with one attached hydrogen (secondary N) is 1. The zero-order valence-electron chi connectivity index (χ0n) is 10.6. The highest BCUT2D eigenvalue weighted by Crippen LogP contribution is 2.35. The molecular weight excluding hydrogens is 258 g/mol. The van der Waals surface area contributed by atoms with Crippen LogP contribution in [-0.2, 0) is 11.2 Å². The summed E-state index contributed by atoms with van der Waals surface area (Å²) in [5.41, 5.74) is 4.34. The fraction of sp³-hybridized carbons (Fsp3) is 0.188. The Hall–Kier alpha value is -1.80. The molecule has 1 aliphatic rings. The Morgan fingerprint density at radius 2 is 1.89 bits per heavy atom. The Bertz CT molecular complexity index is 634. The maximum absolute atomic E-state index is 12.1. The predicted octanol–water partition coefficient (Wildman–Crippen LogP) is 3.93. The Morgan fingerprint density at radius 3 is 2.63 bits per heavy atom. The highest BCUT2D eigenvalue weighted by molar-refractivity contribution is 6.30. The van der Waals surface area contributed by atoms with Crippen LogP contribution in [0.4, 0.5) is 5.69 Å². The van der Waals surface area contributed by atoms with Gasteiger partial charge in [-0.1, -0.05) is 41.4 Å². The van der Waals surface area contributed by atoms with Crippen LogP contribution >= 0.6 is 11.6 Å². The van der Waals surface area contributed by atoms with Gasteiger partial charge in [-0.15, -0.1) is 0 Å². The Kier molecular flexibility index (Phi) is 3.03. The van der Waals surface area contributed by atoms with E-state index in [0.29, 0.717) is 6.42 Å². The van der Waals surface area contributed by atoms with Gasteiger partial charge < -0.3 is 5.32 Å². The molecule has 1 atom stereocenters. The molecule has 96 valence electrons. The van der Waals surface area contributed by atoms with Crippen LogP contribution in [0.5, 0.6) is 0 Å². The number of rotatable bonds is 2. The molecular formula is C16H14ClNO. The quantitative estimate of drug-likeness (QED) is 0.881. The molecule has 0 bridgehead atoms. The summed E-state index contributed by atoms with van der Waals surface area (Å²) in [6.07, 6.45) is 0.708. The van der Waals surface area contributed by atoms with E-state index in [1.54, 1.807) is 0 Å². The van der Waals surface area contributed by atoms with Crippen LogP contribution in [0.3, 0.4) is 0 Å². The van der Waals surface area contributed by atoms with E-state index in [1.807, 2.05) is 43.3 Å². The lowest BCUT2D eigenvalue weighted by atomic mass is 9.92. The molecule has 0 aliphatic carbocycles. The molecule has 0 saturated heterocycles. The van der Waals surface area contributed by atoms with Gasteiger partial charge in [0.1, 0.15) is 0 Å². The van der Waals surface area contributed by atoms with Gasteiger partial charge in [0.05, 0.1) is 5.92 Å². The van der Waals surface area contributed by atoms with Crippen molar-refractivity contribution < 1.29 is 4.79 Å². The number of hydrogen-bond acceptors (Lipinski definition) is 1. The molecule has 0 spiro atoms. The van der Waals surface area contributed by atoms with E-state index in [0.717, 1.165) is 21.8 Å². The number of fused-ring (bicyclic) bond motifs is 1. The van der Waals surface area contributed by atoms with Crippen molar-refractivity contribution >= 4 is 23.2 Å². The summed E-state index contributed by atoms with van der Waals surface area (Å²) in [4.78, 5) is 12.1. The first kappa shape index (κ1) is 12.2. The highest BCUT2D eigenvalue weighted by Gasteiger charge is 2.30. The van der Waals surface area contributed by atoms with Gasteiger partial charge in [-0.2, -0.15) is 0 Å². The summed E-state index contributed by atoms with van der Waals surface area (Å²) in [5.74, 6) is -0.0216. The van der Waals surface area contributed by atoms with Gasteiger partial charge in [0.15, 0.2) is 0 Å². The number of carbonyl (C=O) groups is 1. The molecule has 2 aromatic carbocycles. The maximum atomic E-state index is 12.1. The Morgan fingerprint density at radius 1 is 1.16 bits per heavy atom. The molecule has 2 aromatic rings. The largest absolute Gasteiger partial charge is 0.325 e. The molecule has 0 saturated carbocycles. The van der Waals surface area contributed by atoms with Crippen LogP contribution in [0.25, 0.3) is 0 Å². The number of amides is 1. The summed E-state index contributed by atoms with van der Waals surface area (Å²) < 4.78 is 0. The van der Waals surface area contributed by atoms with E-state index in [4.69, 9.17) is 11.6 Å². The summed E-state index contributed by atoms with van der Waals surface area (Å²) in [7, 11) is 0. The van der Waals surface area contributed by atoms with Crippen molar-refractivity contribution in [1.82, 2.24) is 0 Å². The smallest absolute Gasteiger partial charge is 0.232 e. The van der Waals surface area contributed by atoms with Crippen molar-refractivity contribution in [1.29, 1.82) is 0 Å². The molecule has 3 rings (SSSR count). The minimum Gasteiger partial charge on any atom is -0.325 e. The summed E-state index contributed by atoms with van der Waals surface area (Å²) in [6.45, 7) is 2.04. The minimum absolute atomic E-state index is 0.0792. The molecule has 1 heterocycles. The first-order valence-corrected chi connectivity index (χ1v) is 6.67. The molecule has 0 aromatic heterocycles. The van der Waals surface area contributed by atoms with Crippen molar-refractivity contribution in [3.8, 4) is 0 Å². The van der Waals surface area contributed by atoms with Crippen molar-refractivity contribution in [2.45, 2.75) is 19.3 Å². The average Bonchev–Trinajstić information content (AvgIpc) is 2.69. The van der Waals surface area contributed by atoms with Gasteiger partial charge in [-0.05, 0) is 42.7 Å². The molecule has 1 amide bonds. The van der Waals surface area contributed by atoms with Crippen LogP contribution < -0.4 is 5.32 Å². The summed E-state index contributed by atoms with van der Waals surface area (Å²) in [6, 6.07) is 13.8. The fourth-order valence-corrected chi connectivity index (χ4v) is 2.63. The lowest BCUT2D eigenvalue weighted by Gasteiger charge is -2.09. The van der Waals surface area contributed by atoms with E-state index in [9.17, 15) is 4.79 Å². The van der Waals surface area contributed by atoms with Crippen molar-refractivity contribution in [2.75, 3.05) is 5.32 Å². The lowest BCUT2D eigenvalue weighted by Crippen LogP contribution is -2.14. The third-order valence-corrected chi connectivity index (χ3v) is 3.76. The monoisotopic (exact) mass is 271 g/mol. The van der Waals surface area contributed by atoms with E-state index >= 15 is 0 Å². The zero-order chi connectivity index (χ0) is 13.4. The molecule has 1 aliphatic heterocycles. The van der Waals surface area contributed by atoms with Gasteiger partial charge in [0.25, 0.3) is 0 Å². The molecule has 1 N–H and O–H groups in total. The lowest BCUT2D eigenvalue weighted by molar-refractivity contribution is -0.117. The molecule has 0 unspecified atom stereocenters. The number of aryl methyl sites for hydroxylation is 1. The van der Waals surface area contributed by atoms with Gasteiger partial charge in [0, 0.05) is 10.7 Å². The molecule has 0 fully saturated rings. The van der Waals surface area contributed by atoms with Crippen molar-refractivity contribution in [2.24, 2.45) is 0 Å². The average molecular weight is 272 g/mol. The van der Waals surface area contributed by atoms with E-state index in [-0.39, 0.29) is 11.8 Å². The number of carbonyl (C=O) groups excluding carboxylic acids is 1. The van der Waals surface area contributed by atoms with Crippen molar-refractivity contribution in [3.63, 3.8) is 0 Å². The molecule has 19 heavy (non-hydrogen) atoms. The normalized spacial score (nSPS) is 17.2. The van der Waals surface area contributed by atoms with Crippen LogP contribution in [0.2, 0.25) is 5.02 Å². The van der Waals surface area contributed by atoms with E-state index in [2.05, 4.69) is 11.4 Å². The Balaban J connectivity index is 1.91. The van der Waals surface area contributed by atoms with Crippen LogP contribution in [-0.4, -0.2) is 5.91 Å². The van der Waals surface area contributed by atoms with Crippen LogP contribution in [0.15, 0.2) is 42.5 Å². The molecule has 0 radical (unpaired) electrons. The first-order chi connectivity index (χ1) is 9.13. The van der Waals surface area contributed by atoms with E-state index < -0.39 is 0 Å². The number of benzene rings is 2. The zero-order valence-corrected chi connectivity index (χ0v) is 11.4. The second-order valence-electron chi connectivity index (χ2n) is 4.96. The van der Waals surface area contributed by atoms with Gasteiger partial charge in [-0.25, -0.2) is 0 Å². The topological polar surface area (TPSA) is 29.1 Å². The first-order valence-electron chi connectivity index (χ1n) is 6.29. The second kappa shape index (κ2) is 4.71. The number of anilines is 1. The standard InChI is InChI=1S/C16H14ClNO/c1-10-2-7-15-13(8-10)14(16(19)18-15)9-11-3-5-12(17)6-4-11/h2-8,14H,9H2,1H3,(H,18,19)/t14-/m1/s1. The summed E-state index contributed by atoms with van der Waals surface area (Å²) in [5, 5.41) is 3.66. The SMILES string of the molecule is Cc1ccc2c(c1)[C@@H](Cc1ccc(Cl)cc1)C(=O)N2. The second-order valence-corrected chi connectivity index (χ2v) is 5.40. The predicted molar refractivity (Wildman–Crippen MR) is 77.7 cm³/mol. The molecule has 2 nitrogen and oxygen atoms in total. The highest BCUT2D eigenvalue weighted by atomic mass is 35.5. The van der Waals surface area contributed by atoms with Crippen LogP contribution in [0.1, 0.15) is 22.6 Å². The fourth-order valence-electron chi connectivity index (χ4n) is 2.50. The molecule has 3 heteroatoms. The number of hydrogen-bond donors (Lipinski definition) is 1. The van der Waals surface area contributed by atoms with Crippen molar-refractivity contribution in [3.05, 3.63) is 64.2 Å². The van der Waals surface area contributed by atoms with Gasteiger partial charge in [-0.3, -0.25) is 4.79 Å². The van der Waals surface area contributed by atoms with E-state index in [1.165, 1.54) is 5.56 Å². The Labute approximate surface area is 117 Å². The third kappa shape index (κ3) is 2.36. The maximum Gasteiger partial charge on any atom is 0.232 e. The van der Waals surface area contributed by atoms with Crippen LogP contribution in [0, 0.1) is 6.92 Å². The third-order valence-electron chi connectivity index (χ3n) is 3.51. The number of halogens is 1. The van der Waals surface area contributed by atoms with Gasteiger partial charge >= 0.3 is 0 Å². The minimum atomic E-state index is -0.101. The summed E-state index contributed by atoms with van der Waals surface area (Å²) >= 11 is 5.88. The van der Waals surface area contributed by atoms with Gasteiger partial charge in [0.2, 0.25) is 5.91 Å².